The maximum Gasteiger partial charge on any atom is 0.126 e. The van der Waals surface area contributed by atoms with Crippen LogP contribution in [0.25, 0.3) is 0 Å². The molecule has 62 valence electrons. The summed E-state index contributed by atoms with van der Waals surface area (Å²) in [6, 6.07) is 8.11. The van der Waals surface area contributed by atoms with Crippen molar-refractivity contribution >= 4 is 5.71 Å². The Morgan fingerprint density at radius 1 is 1.33 bits per heavy atom. The Kier molecular flexibility index (Phi) is 1.82. The maximum atomic E-state index is 5.50. The molecule has 0 aliphatic carbocycles. The van der Waals surface area contributed by atoms with Gasteiger partial charge in [-0.05, 0) is 11.6 Å². The summed E-state index contributed by atoms with van der Waals surface area (Å²) in [6.45, 7) is 0.646. The van der Waals surface area contributed by atoms with Crippen molar-refractivity contribution in [1.82, 2.24) is 0 Å². The number of rotatable bonds is 0. The lowest BCUT2D eigenvalue weighted by atomic mass is 10.1. The van der Waals surface area contributed by atoms with Gasteiger partial charge in [0, 0.05) is 13.5 Å². The Labute approximate surface area is 71.9 Å². The number of nitrogens with zero attached hydrogens (tertiary/aromatic N) is 1. The molecule has 0 spiro atoms. The molecule has 2 rings (SSSR count). The third-order valence-electron chi connectivity index (χ3n) is 2.08. The molecular weight excluding hydrogens is 150 g/mol. The summed E-state index contributed by atoms with van der Waals surface area (Å²) in [4.78, 5) is 4.14. The highest BCUT2D eigenvalue weighted by molar-refractivity contribution is 5.89. The molecule has 0 amide bonds. The number of aliphatic imine (C=N–C) groups is 1. The first kappa shape index (κ1) is 7.35. The largest absolute Gasteiger partial charge is 0.487 e. The Hall–Kier alpha value is -1.31. The van der Waals surface area contributed by atoms with E-state index in [0.717, 1.165) is 17.9 Å². The van der Waals surface area contributed by atoms with Crippen molar-refractivity contribution in [1.29, 1.82) is 0 Å². The highest BCUT2D eigenvalue weighted by Crippen LogP contribution is 2.22. The molecule has 0 saturated heterocycles. The van der Waals surface area contributed by atoms with Crippen molar-refractivity contribution in [3.63, 3.8) is 0 Å². The Balaban J connectivity index is 2.35. The number of fused-ring (bicyclic) bond motifs is 1. The summed E-state index contributed by atoms with van der Waals surface area (Å²) in [5.41, 5.74) is 2.36. The highest BCUT2D eigenvalue weighted by Gasteiger charge is 2.12. The van der Waals surface area contributed by atoms with Crippen LogP contribution in [0, 0.1) is 0 Å². The van der Waals surface area contributed by atoms with Gasteiger partial charge in [0.1, 0.15) is 12.4 Å². The van der Waals surface area contributed by atoms with Gasteiger partial charge in [-0.25, -0.2) is 0 Å². The minimum Gasteiger partial charge on any atom is -0.487 e. The molecule has 0 atom stereocenters. The van der Waals surface area contributed by atoms with Gasteiger partial charge in [-0.2, -0.15) is 0 Å². The van der Waals surface area contributed by atoms with Crippen molar-refractivity contribution in [2.45, 2.75) is 6.42 Å². The minimum absolute atomic E-state index is 0.646. The lowest BCUT2D eigenvalue weighted by Crippen LogP contribution is -2.20. The zero-order chi connectivity index (χ0) is 8.39. The van der Waals surface area contributed by atoms with E-state index in [1.54, 1.807) is 0 Å². The Morgan fingerprint density at radius 2 is 2.17 bits per heavy atom. The van der Waals surface area contributed by atoms with E-state index in [2.05, 4.69) is 11.1 Å². The van der Waals surface area contributed by atoms with Crippen LogP contribution in [0.3, 0.4) is 0 Å². The third kappa shape index (κ3) is 1.20. The van der Waals surface area contributed by atoms with E-state index < -0.39 is 0 Å². The lowest BCUT2D eigenvalue weighted by molar-refractivity contribution is 0.362. The third-order valence-corrected chi connectivity index (χ3v) is 2.08. The zero-order valence-electron chi connectivity index (χ0n) is 7.08. The molecular formula is C10H11NO. The predicted molar refractivity (Wildman–Crippen MR) is 49.0 cm³/mol. The van der Waals surface area contributed by atoms with Crippen LogP contribution in [-0.2, 0) is 6.42 Å². The Morgan fingerprint density at radius 3 is 3.00 bits per heavy atom. The molecule has 0 N–H and O–H groups in total. The second-order valence-electron chi connectivity index (χ2n) is 2.86. The van der Waals surface area contributed by atoms with Gasteiger partial charge >= 0.3 is 0 Å². The molecule has 0 radical (unpaired) electrons. The van der Waals surface area contributed by atoms with Gasteiger partial charge in [0.2, 0.25) is 0 Å². The summed E-state index contributed by atoms with van der Waals surface area (Å²) in [5, 5.41) is 0. The second-order valence-corrected chi connectivity index (χ2v) is 2.86. The molecule has 1 aromatic rings. The van der Waals surface area contributed by atoms with Crippen LogP contribution in [-0.4, -0.2) is 19.4 Å². The fourth-order valence-electron chi connectivity index (χ4n) is 1.37. The molecule has 1 aliphatic heterocycles. The standard InChI is InChI=1S/C10H11NO/c1-11-9-6-8-4-2-3-5-10(8)12-7-9/h2-5H,6-7H2,1H3. The molecule has 2 nitrogen and oxygen atoms in total. The topological polar surface area (TPSA) is 21.6 Å². The van der Waals surface area contributed by atoms with Gasteiger partial charge in [-0.3, -0.25) is 4.99 Å². The molecule has 1 aliphatic rings. The van der Waals surface area contributed by atoms with Gasteiger partial charge in [-0.1, -0.05) is 18.2 Å². The predicted octanol–water partition coefficient (Wildman–Crippen LogP) is 1.69. The summed E-state index contributed by atoms with van der Waals surface area (Å²) < 4.78 is 5.50. The molecule has 0 aromatic heterocycles. The molecule has 0 saturated carbocycles. The maximum absolute atomic E-state index is 5.50. The Bertz CT molecular complexity index is 317. The lowest BCUT2D eigenvalue weighted by Gasteiger charge is -2.17. The fourth-order valence-corrected chi connectivity index (χ4v) is 1.37. The number of ether oxygens (including phenoxy) is 1. The molecule has 12 heavy (non-hydrogen) atoms. The monoisotopic (exact) mass is 161 g/mol. The van der Waals surface area contributed by atoms with E-state index in [-0.39, 0.29) is 0 Å². The van der Waals surface area contributed by atoms with Crippen LogP contribution in [0.2, 0.25) is 0 Å². The number of hydrogen-bond donors (Lipinski definition) is 0. The second kappa shape index (κ2) is 2.97. The molecule has 1 aromatic carbocycles. The molecule has 0 fully saturated rings. The number of para-hydroxylation sites is 1. The normalized spacial score (nSPS) is 18.6. The highest BCUT2D eigenvalue weighted by atomic mass is 16.5. The van der Waals surface area contributed by atoms with Gasteiger partial charge in [0.05, 0.1) is 5.71 Å². The van der Waals surface area contributed by atoms with Crippen LogP contribution in [0.5, 0.6) is 5.75 Å². The SMILES string of the molecule is CN=C1COc2ccccc2C1. The quantitative estimate of drug-likeness (QED) is 0.567. The molecule has 2 heteroatoms. The van der Waals surface area contributed by atoms with Crippen LogP contribution >= 0.6 is 0 Å². The van der Waals surface area contributed by atoms with Crippen molar-refractivity contribution < 1.29 is 4.74 Å². The average Bonchev–Trinajstić information content (AvgIpc) is 2.17. The van der Waals surface area contributed by atoms with Gasteiger partial charge < -0.3 is 4.74 Å². The first-order valence-corrected chi connectivity index (χ1v) is 4.05. The van der Waals surface area contributed by atoms with E-state index in [1.165, 1.54) is 5.56 Å². The van der Waals surface area contributed by atoms with Crippen molar-refractivity contribution in [2.75, 3.05) is 13.7 Å². The van der Waals surface area contributed by atoms with Crippen LogP contribution in [0.15, 0.2) is 29.3 Å². The van der Waals surface area contributed by atoms with E-state index in [1.807, 2.05) is 25.2 Å². The average molecular weight is 161 g/mol. The van der Waals surface area contributed by atoms with Crippen molar-refractivity contribution in [2.24, 2.45) is 4.99 Å². The molecule has 1 heterocycles. The van der Waals surface area contributed by atoms with Crippen molar-refractivity contribution in [3.8, 4) is 5.75 Å². The molecule has 0 bridgehead atoms. The molecule has 0 unspecified atom stereocenters. The summed E-state index contributed by atoms with van der Waals surface area (Å²) in [6.07, 6.45) is 0.937. The van der Waals surface area contributed by atoms with Crippen LogP contribution < -0.4 is 4.74 Å². The number of benzene rings is 1. The van der Waals surface area contributed by atoms with E-state index in [4.69, 9.17) is 4.74 Å². The fraction of sp³-hybridized carbons (Fsp3) is 0.300. The van der Waals surface area contributed by atoms with Crippen molar-refractivity contribution in [3.05, 3.63) is 29.8 Å². The first-order chi connectivity index (χ1) is 5.90. The number of hydrogen-bond acceptors (Lipinski definition) is 2. The van der Waals surface area contributed by atoms with Gasteiger partial charge in [0.25, 0.3) is 0 Å². The first-order valence-electron chi connectivity index (χ1n) is 4.05. The zero-order valence-corrected chi connectivity index (χ0v) is 7.08. The smallest absolute Gasteiger partial charge is 0.126 e. The summed E-state index contributed by atoms with van der Waals surface area (Å²) in [7, 11) is 1.81. The summed E-state index contributed by atoms with van der Waals surface area (Å²) >= 11 is 0. The minimum atomic E-state index is 0.646. The van der Waals surface area contributed by atoms with Gasteiger partial charge in [-0.15, -0.1) is 0 Å². The van der Waals surface area contributed by atoms with E-state index in [0.29, 0.717) is 6.61 Å². The van der Waals surface area contributed by atoms with E-state index >= 15 is 0 Å². The summed E-state index contributed by atoms with van der Waals surface area (Å²) in [5.74, 6) is 1.00. The van der Waals surface area contributed by atoms with Crippen LogP contribution in [0.1, 0.15) is 5.56 Å². The van der Waals surface area contributed by atoms with E-state index in [9.17, 15) is 0 Å². The van der Waals surface area contributed by atoms with Crippen LogP contribution in [0.4, 0.5) is 0 Å². The van der Waals surface area contributed by atoms with Gasteiger partial charge in [0.15, 0.2) is 0 Å².